The van der Waals surface area contributed by atoms with Crippen LogP contribution in [0.15, 0.2) is 18.2 Å². The molecule has 5 heteroatoms. The molecule has 0 heterocycles. The minimum Gasteiger partial charge on any atom is -0.493 e. The van der Waals surface area contributed by atoms with Gasteiger partial charge in [0, 0.05) is 38.6 Å². The molecule has 0 saturated heterocycles. The fourth-order valence-electron chi connectivity index (χ4n) is 2.41. The Morgan fingerprint density at radius 3 is 2.46 bits per heavy atom. The molecule has 0 unspecified atom stereocenters. The molecule has 0 atom stereocenters. The second-order valence-corrected chi connectivity index (χ2v) is 7.07. The van der Waals surface area contributed by atoms with Gasteiger partial charge in [-0.3, -0.25) is 4.79 Å². The molecule has 26 heavy (non-hydrogen) atoms. The van der Waals surface area contributed by atoms with E-state index in [2.05, 4.69) is 6.92 Å². The Balaban J connectivity index is 2.68. The summed E-state index contributed by atoms with van der Waals surface area (Å²) in [5.41, 5.74) is 0.409. The quantitative estimate of drug-likeness (QED) is 0.465. The molecule has 0 saturated carbocycles. The first-order chi connectivity index (χ1) is 12.4. The highest BCUT2D eigenvalue weighted by atomic mass is 16.5. The highest BCUT2D eigenvalue weighted by molar-refractivity contribution is 5.86. The molecular formula is C21H34O5. The number of carbonyl (C=O) groups is 1. The first-order valence-electron chi connectivity index (χ1n) is 9.34. The van der Waals surface area contributed by atoms with Crippen molar-refractivity contribution in [1.29, 1.82) is 0 Å². The molecule has 0 radical (unpaired) electrons. The molecule has 0 bridgehead atoms. The van der Waals surface area contributed by atoms with Gasteiger partial charge in [-0.15, -0.1) is 0 Å². The van der Waals surface area contributed by atoms with E-state index in [-0.39, 0.29) is 5.78 Å². The van der Waals surface area contributed by atoms with Crippen LogP contribution in [0.25, 0.3) is 0 Å². The van der Waals surface area contributed by atoms with Crippen LogP contribution in [-0.2, 0) is 20.7 Å². The molecule has 1 rings (SSSR count). The van der Waals surface area contributed by atoms with Crippen molar-refractivity contribution in [2.45, 2.75) is 46.5 Å². The van der Waals surface area contributed by atoms with Gasteiger partial charge in [-0.1, -0.05) is 33.3 Å². The fraction of sp³-hybridized carbons (Fsp3) is 0.667. The second kappa shape index (κ2) is 11.9. The standard InChI is InChI=1S/C21H34O5/c1-6-7-12-25-16-21(2,3)20(22)15-17-9-10-18(24-5)19(14-17)26-13-8-11-23-4/h9-10,14H,6-8,11-13,15-16H2,1-5H3. The molecule has 1 aromatic rings. The lowest BCUT2D eigenvalue weighted by atomic mass is 9.85. The van der Waals surface area contributed by atoms with Crippen molar-refractivity contribution in [3.63, 3.8) is 0 Å². The number of ether oxygens (including phenoxy) is 4. The van der Waals surface area contributed by atoms with Crippen LogP contribution in [-0.4, -0.2) is 46.4 Å². The maximum Gasteiger partial charge on any atom is 0.161 e. The van der Waals surface area contributed by atoms with Gasteiger partial charge in [-0.25, -0.2) is 0 Å². The number of unbranched alkanes of at least 4 members (excludes halogenated alkanes) is 1. The van der Waals surface area contributed by atoms with Crippen LogP contribution in [0.2, 0.25) is 0 Å². The van der Waals surface area contributed by atoms with Crippen LogP contribution in [0, 0.1) is 5.41 Å². The van der Waals surface area contributed by atoms with E-state index in [9.17, 15) is 4.79 Å². The van der Waals surface area contributed by atoms with E-state index < -0.39 is 5.41 Å². The van der Waals surface area contributed by atoms with Crippen LogP contribution in [0.3, 0.4) is 0 Å². The average molecular weight is 366 g/mol. The molecule has 0 spiro atoms. The summed E-state index contributed by atoms with van der Waals surface area (Å²) in [7, 11) is 3.28. The van der Waals surface area contributed by atoms with Gasteiger partial charge >= 0.3 is 0 Å². The molecule has 0 aliphatic carbocycles. The van der Waals surface area contributed by atoms with Gasteiger partial charge in [-0.05, 0) is 24.1 Å². The highest BCUT2D eigenvalue weighted by Crippen LogP contribution is 2.29. The van der Waals surface area contributed by atoms with E-state index in [1.807, 2.05) is 32.0 Å². The maximum absolute atomic E-state index is 12.7. The Hall–Kier alpha value is -1.59. The third-order valence-electron chi connectivity index (χ3n) is 4.20. The van der Waals surface area contributed by atoms with Gasteiger partial charge in [0.25, 0.3) is 0 Å². The van der Waals surface area contributed by atoms with Crippen LogP contribution >= 0.6 is 0 Å². The monoisotopic (exact) mass is 366 g/mol. The molecule has 0 aliphatic rings. The summed E-state index contributed by atoms with van der Waals surface area (Å²) in [6.07, 6.45) is 3.26. The number of carbonyl (C=O) groups excluding carboxylic acids is 1. The van der Waals surface area contributed by atoms with E-state index >= 15 is 0 Å². The number of methoxy groups -OCH3 is 2. The average Bonchev–Trinajstić information content (AvgIpc) is 2.62. The Morgan fingerprint density at radius 2 is 1.81 bits per heavy atom. The number of hydrogen-bond donors (Lipinski definition) is 0. The van der Waals surface area contributed by atoms with Gasteiger partial charge in [0.05, 0.1) is 20.3 Å². The fourth-order valence-corrected chi connectivity index (χ4v) is 2.41. The summed E-state index contributed by atoms with van der Waals surface area (Å²) in [6, 6.07) is 5.64. The van der Waals surface area contributed by atoms with E-state index in [1.54, 1.807) is 14.2 Å². The topological polar surface area (TPSA) is 54.0 Å². The van der Waals surface area contributed by atoms with Crippen molar-refractivity contribution in [2.24, 2.45) is 5.41 Å². The van der Waals surface area contributed by atoms with E-state index in [0.717, 1.165) is 24.8 Å². The molecule has 0 N–H and O–H groups in total. The zero-order valence-electron chi connectivity index (χ0n) is 16.9. The predicted octanol–water partition coefficient (Wildman–Crippen LogP) is 4.07. The molecule has 1 aromatic carbocycles. The van der Waals surface area contributed by atoms with Gasteiger partial charge in [0.1, 0.15) is 5.78 Å². The number of rotatable bonds is 14. The Bertz CT molecular complexity index is 539. The van der Waals surface area contributed by atoms with Crippen molar-refractivity contribution >= 4 is 5.78 Å². The van der Waals surface area contributed by atoms with Crippen LogP contribution in [0.5, 0.6) is 11.5 Å². The zero-order valence-corrected chi connectivity index (χ0v) is 16.9. The van der Waals surface area contributed by atoms with Crippen molar-refractivity contribution in [3.8, 4) is 11.5 Å². The largest absolute Gasteiger partial charge is 0.493 e. The SMILES string of the molecule is CCCCOCC(C)(C)C(=O)Cc1ccc(OC)c(OCCCOC)c1. The lowest BCUT2D eigenvalue weighted by Crippen LogP contribution is -2.31. The first kappa shape index (κ1) is 22.5. The predicted molar refractivity (Wildman–Crippen MR) is 103 cm³/mol. The molecule has 0 aromatic heterocycles. The minimum atomic E-state index is -0.507. The highest BCUT2D eigenvalue weighted by Gasteiger charge is 2.27. The second-order valence-electron chi connectivity index (χ2n) is 7.07. The molecule has 5 nitrogen and oxygen atoms in total. The molecule has 0 aliphatic heterocycles. The summed E-state index contributed by atoms with van der Waals surface area (Å²) in [5.74, 6) is 1.48. The van der Waals surface area contributed by atoms with Crippen LogP contribution in [0.1, 0.15) is 45.6 Å². The number of hydrogen-bond acceptors (Lipinski definition) is 5. The summed E-state index contributed by atoms with van der Waals surface area (Å²) in [6.45, 7) is 8.33. The van der Waals surface area contributed by atoms with E-state index in [1.165, 1.54) is 0 Å². The van der Waals surface area contributed by atoms with E-state index in [0.29, 0.717) is 44.3 Å². The number of ketones is 1. The van der Waals surface area contributed by atoms with Crippen LogP contribution < -0.4 is 9.47 Å². The first-order valence-corrected chi connectivity index (χ1v) is 9.34. The summed E-state index contributed by atoms with van der Waals surface area (Å²) in [5, 5.41) is 0. The van der Waals surface area contributed by atoms with Gasteiger partial charge in [0.2, 0.25) is 0 Å². The zero-order chi connectivity index (χ0) is 19.4. The minimum absolute atomic E-state index is 0.157. The molecular weight excluding hydrogens is 332 g/mol. The lowest BCUT2D eigenvalue weighted by Gasteiger charge is -2.23. The molecule has 0 fully saturated rings. The van der Waals surface area contributed by atoms with Gasteiger partial charge in [0.15, 0.2) is 11.5 Å². The third-order valence-corrected chi connectivity index (χ3v) is 4.20. The Morgan fingerprint density at radius 1 is 1.04 bits per heavy atom. The summed E-state index contributed by atoms with van der Waals surface area (Å²) < 4.78 is 21.8. The normalized spacial score (nSPS) is 11.4. The van der Waals surface area contributed by atoms with Crippen molar-refractivity contribution in [1.82, 2.24) is 0 Å². The van der Waals surface area contributed by atoms with Crippen LogP contribution in [0.4, 0.5) is 0 Å². The number of benzene rings is 1. The lowest BCUT2D eigenvalue weighted by molar-refractivity contribution is -0.129. The van der Waals surface area contributed by atoms with E-state index in [4.69, 9.17) is 18.9 Å². The number of Topliss-reactive ketones (excluding diaryl/α,β-unsaturated/α-hetero) is 1. The maximum atomic E-state index is 12.7. The van der Waals surface area contributed by atoms with Crippen molar-refractivity contribution in [2.75, 3.05) is 40.6 Å². The Labute approximate surface area is 158 Å². The summed E-state index contributed by atoms with van der Waals surface area (Å²) in [4.78, 5) is 12.7. The summed E-state index contributed by atoms with van der Waals surface area (Å²) >= 11 is 0. The molecule has 0 amide bonds. The van der Waals surface area contributed by atoms with Gasteiger partial charge < -0.3 is 18.9 Å². The van der Waals surface area contributed by atoms with Gasteiger partial charge in [-0.2, -0.15) is 0 Å². The third kappa shape index (κ3) is 7.75. The van der Waals surface area contributed by atoms with Crippen molar-refractivity contribution < 1.29 is 23.7 Å². The van der Waals surface area contributed by atoms with Crippen molar-refractivity contribution in [3.05, 3.63) is 23.8 Å². The Kier molecular flexibility index (Phi) is 10.3. The smallest absolute Gasteiger partial charge is 0.161 e. The molecule has 148 valence electrons.